The molecular formula is C12H12BrF2NO2. The second-order valence-corrected chi connectivity index (χ2v) is 5.30. The van der Waals surface area contributed by atoms with Gasteiger partial charge in [0.25, 0.3) is 0 Å². The number of hydrogen-bond donors (Lipinski definition) is 2. The van der Waals surface area contributed by atoms with Crippen LogP contribution in [0.15, 0.2) is 10.5 Å². The standard InChI is InChI=1S/C12H12BrF2NO2/c1-5-2-7(13)11(15)9(10(5)14)8-3-6(4-16-8)12(17)18/h2,6,8,16H,3-4H2,1H3,(H,17,18). The number of benzene rings is 1. The summed E-state index contributed by atoms with van der Waals surface area (Å²) in [4.78, 5) is 10.8. The van der Waals surface area contributed by atoms with Gasteiger partial charge in [0.2, 0.25) is 0 Å². The zero-order valence-corrected chi connectivity index (χ0v) is 11.2. The number of halogens is 3. The molecule has 0 bridgehead atoms. The summed E-state index contributed by atoms with van der Waals surface area (Å²) in [7, 11) is 0. The SMILES string of the molecule is Cc1cc(Br)c(F)c(C2CC(C(=O)O)CN2)c1F. The molecule has 0 aliphatic carbocycles. The number of carboxylic acids is 1. The van der Waals surface area contributed by atoms with Crippen molar-refractivity contribution in [3.05, 3.63) is 33.3 Å². The Hall–Kier alpha value is -1.01. The molecule has 2 rings (SSSR count). The lowest BCUT2D eigenvalue weighted by molar-refractivity contribution is -0.141. The van der Waals surface area contributed by atoms with Gasteiger partial charge >= 0.3 is 5.97 Å². The Morgan fingerprint density at radius 2 is 2.17 bits per heavy atom. The van der Waals surface area contributed by atoms with Crippen molar-refractivity contribution in [2.45, 2.75) is 19.4 Å². The minimum atomic E-state index is -0.947. The van der Waals surface area contributed by atoms with Crippen molar-refractivity contribution in [1.29, 1.82) is 0 Å². The Labute approximate surface area is 111 Å². The highest BCUT2D eigenvalue weighted by molar-refractivity contribution is 9.10. The molecule has 3 nitrogen and oxygen atoms in total. The van der Waals surface area contributed by atoms with Crippen molar-refractivity contribution in [1.82, 2.24) is 5.32 Å². The zero-order valence-electron chi connectivity index (χ0n) is 9.64. The molecule has 1 aromatic rings. The first-order valence-corrected chi connectivity index (χ1v) is 6.31. The predicted octanol–water partition coefficient (Wildman–Crippen LogP) is 2.77. The van der Waals surface area contributed by atoms with Crippen LogP contribution in [0.1, 0.15) is 23.6 Å². The molecule has 0 amide bonds. The van der Waals surface area contributed by atoms with E-state index in [-0.39, 0.29) is 23.0 Å². The average molecular weight is 320 g/mol. The van der Waals surface area contributed by atoms with E-state index in [1.807, 2.05) is 0 Å². The van der Waals surface area contributed by atoms with Crippen molar-refractivity contribution in [2.24, 2.45) is 5.92 Å². The number of aryl methyl sites for hydroxylation is 1. The van der Waals surface area contributed by atoms with Gasteiger partial charge in [-0.25, -0.2) is 8.78 Å². The predicted molar refractivity (Wildman–Crippen MR) is 65.3 cm³/mol. The smallest absolute Gasteiger partial charge is 0.307 e. The van der Waals surface area contributed by atoms with E-state index in [2.05, 4.69) is 21.2 Å². The molecule has 1 fully saturated rings. The van der Waals surface area contributed by atoms with E-state index in [1.54, 1.807) is 6.92 Å². The Kier molecular flexibility index (Phi) is 3.68. The summed E-state index contributed by atoms with van der Waals surface area (Å²) in [6.45, 7) is 1.77. The summed E-state index contributed by atoms with van der Waals surface area (Å²) in [5.74, 6) is -2.83. The van der Waals surface area contributed by atoms with Gasteiger partial charge < -0.3 is 10.4 Å². The highest BCUT2D eigenvalue weighted by Crippen LogP contribution is 2.34. The lowest BCUT2D eigenvalue weighted by Crippen LogP contribution is -2.18. The second kappa shape index (κ2) is 4.93. The molecule has 0 saturated carbocycles. The highest BCUT2D eigenvalue weighted by atomic mass is 79.9. The van der Waals surface area contributed by atoms with Gasteiger partial charge in [-0.1, -0.05) is 0 Å². The van der Waals surface area contributed by atoms with Crippen LogP contribution in [0.25, 0.3) is 0 Å². The molecule has 6 heteroatoms. The van der Waals surface area contributed by atoms with Gasteiger partial charge in [-0.2, -0.15) is 0 Å². The normalized spacial score (nSPS) is 23.3. The van der Waals surface area contributed by atoms with Crippen molar-refractivity contribution in [2.75, 3.05) is 6.54 Å². The zero-order chi connectivity index (χ0) is 13.4. The lowest BCUT2D eigenvalue weighted by Gasteiger charge is -2.15. The Morgan fingerprint density at radius 3 is 2.72 bits per heavy atom. The van der Waals surface area contributed by atoms with E-state index in [0.29, 0.717) is 5.56 Å². The number of carbonyl (C=O) groups is 1. The third-order valence-electron chi connectivity index (χ3n) is 3.20. The summed E-state index contributed by atoms with van der Waals surface area (Å²) in [6, 6.07) is 0.778. The van der Waals surface area contributed by atoms with Crippen LogP contribution in [0.5, 0.6) is 0 Å². The first-order valence-electron chi connectivity index (χ1n) is 5.52. The molecule has 2 unspecified atom stereocenters. The third-order valence-corrected chi connectivity index (χ3v) is 3.78. The van der Waals surface area contributed by atoms with E-state index in [4.69, 9.17) is 5.11 Å². The fourth-order valence-electron chi connectivity index (χ4n) is 2.20. The average Bonchev–Trinajstić information content (AvgIpc) is 2.76. The molecule has 1 saturated heterocycles. The lowest BCUT2D eigenvalue weighted by atomic mass is 9.97. The van der Waals surface area contributed by atoms with E-state index < -0.39 is 29.6 Å². The minimum Gasteiger partial charge on any atom is -0.481 e. The molecule has 1 aliphatic heterocycles. The van der Waals surface area contributed by atoms with Gasteiger partial charge in [0.05, 0.1) is 10.4 Å². The van der Waals surface area contributed by atoms with Gasteiger partial charge in [-0.15, -0.1) is 0 Å². The first-order chi connectivity index (χ1) is 8.41. The molecule has 2 N–H and O–H groups in total. The fraction of sp³-hybridized carbons (Fsp3) is 0.417. The Bertz CT molecular complexity index is 481. The second-order valence-electron chi connectivity index (χ2n) is 4.45. The number of rotatable bonds is 2. The number of carboxylic acid groups (broad SMARTS) is 1. The van der Waals surface area contributed by atoms with E-state index in [9.17, 15) is 13.6 Å². The highest BCUT2D eigenvalue weighted by Gasteiger charge is 2.34. The van der Waals surface area contributed by atoms with Gasteiger partial charge in [0.15, 0.2) is 0 Å². The van der Waals surface area contributed by atoms with Crippen LogP contribution in [0.4, 0.5) is 8.78 Å². The molecular weight excluding hydrogens is 308 g/mol. The molecule has 0 aromatic heterocycles. The molecule has 1 aliphatic rings. The van der Waals surface area contributed by atoms with Gasteiger partial charge in [-0.05, 0) is 40.9 Å². The number of nitrogens with one attached hydrogen (secondary N) is 1. The fourth-order valence-corrected chi connectivity index (χ4v) is 2.76. The van der Waals surface area contributed by atoms with Crippen molar-refractivity contribution < 1.29 is 18.7 Å². The van der Waals surface area contributed by atoms with Crippen molar-refractivity contribution >= 4 is 21.9 Å². The molecule has 18 heavy (non-hydrogen) atoms. The third kappa shape index (κ3) is 2.27. The minimum absolute atomic E-state index is 0.0781. The summed E-state index contributed by atoms with van der Waals surface area (Å²) in [5, 5.41) is 11.7. The van der Waals surface area contributed by atoms with Crippen LogP contribution in [0, 0.1) is 24.5 Å². The molecule has 0 spiro atoms. The maximum absolute atomic E-state index is 14.0. The van der Waals surface area contributed by atoms with Crippen LogP contribution >= 0.6 is 15.9 Å². The van der Waals surface area contributed by atoms with Crippen molar-refractivity contribution in [3.63, 3.8) is 0 Å². The van der Waals surface area contributed by atoms with Crippen LogP contribution in [-0.2, 0) is 4.79 Å². The molecule has 1 heterocycles. The topological polar surface area (TPSA) is 49.3 Å². The van der Waals surface area contributed by atoms with Gasteiger partial charge in [0, 0.05) is 18.2 Å². The van der Waals surface area contributed by atoms with E-state index in [1.165, 1.54) is 6.07 Å². The van der Waals surface area contributed by atoms with E-state index >= 15 is 0 Å². The molecule has 1 aromatic carbocycles. The quantitative estimate of drug-likeness (QED) is 0.824. The van der Waals surface area contributed by atoms with Crippen LogP contribution in [0.2, 0.25) is 0 Å². The molecule has 0 radical (unpaired) electrons. The Balaban J connectivity index is 2.38. The number of aliphatic carboxylic acids is 1. The maximum Gasteiger partial charge on any atom is 0.307 e. The monoisotopic (exact) mass is 319 g/mol. The Morgan fingerprint density at radius 1 is 1.50 bits per heavy atom. The molecule has 2 atom stereocenters. The first kappa shape index (κ1) is 13.4. The summed E-state index contributed by atoms with van der Waals surface area (Å²) >= 11 is 3.04. The van der Waals surface area contributed by atoms with Crippen LogP contribution in [-0.4, -0.2) is 17.6 Å². The van der Waals surface area contributed by atoms with Gasteiger partial charge in [0.1, 0.15) is 11.6 Å². The van der Waals surface area contributed by atoms with Crippen molar-refractivity contribution in [3.8, 4) is 0 Å². The summed E-state index contributed by atoms with van der Waals surface area (Å²) in [6.07, 6.45) is 0.194. The van der Waals surface area contributed by atoms with Crippen LogP contribution < -0.4 is 5.32 Å². The largest absolute Gasteiger partial charge is 0.481 e. The summed E-state index contributed by atoms with van der Waals surface area (Å²) < 4.78 is 28.1. The molecule has 98 valence electrons. The maximum atomic E-state index is 14.0. The van der Waals surface area contributed by atoms with E-state index in [0.717, 1.165) is 0 Å². The number of hydrogen-bond acceptors (Lipinski definition) is 2. The van der Waals surface area contributed by atoms with Crippen LogP contribution in [0.3, 0.4) is 0 Å². The summed E-state index contributed by atoms with van der Waals surface area (Å²) in [5.41, 5.74) is 0.254. The van der Waals surface area contributed by atoms with Gasteiger partial charge in [-0.3, -0.25) is 4.79 Å².